The summed E-state index contributed by atoms with van der Waals surface area (Å²) >= 11 is 0. The number of carbonyl (C=O) groups excluding carboxylic acids is 1. The van der Waals surface area contributed by atoms with Crippen molar-refractivity contribution in [2.45, 2.75) is 51.1 Å². The molecule has 3 heterocycles. The normalized spacial score (nSPS) is 26.1. The maximum Gasteiger partial charge on any atom is 0.271 e. The average molecular weight is 319 g/mol. The predicted octanol–water partition coefficient (Wildman–Crippen LogP) is 1.41. The Morgan fingerprint density at radius 3 is 3.09 bits per heavy atom. The Labute approximate surface area is 138 Å². The van der Waals surface area contributed by atoms with Gasteiger partial charge in [0.05, 0.1) is 6.04 Å². The number of hydrogen-bond donors (Lipinski definition) is 2. The van der Waals surface area contributed by atoms with Gasteiger partial charge in [-0.05, 0) is 51.4 Å². The van der Waals surface area contributed by atoms with Gasteiger partial charge in [0.1, 0.15) is 5.69 Å². The first-order valence-electron chi connectivity index (χ1n) is 9.06. The highest BCUT2D eigenvalue weighted by atomic mass is 16.1. The molecule has 1 amide bonds. The Morgan fingerprint density at radius 2 is 2.30 bits per heavy atom. The van der Waals surface area contributed by atoms with Gasteiger partial charge in [-0.1, -0.05) is 13.3 Å². The van der Waals surface area contributed by atoms with E-state index in [0.29, 0.717) is 17.8 Å². The van der Waals surface area contributed by atoms with E-state index in [0.717, 1.165) is 39.1 Å². The van der Waals surface area contributed by atoms with Gasteiger partial charge in [-0.3, -0.25) is 14.4 Å². The summed E-state index contributed by atoms with van der Waals surface area (Å²) in [4.78, 5) is 14.8. The molecule has 6 nitrogen and oxygen atoms in total. The van der Waals surface area contributed by atoms with Crippen LogP contribution in [0, 0.1) is 0 Å². The molecule has 2 unspecified atom stereocenters. The number of likely N-dealkylation sites (tertiary alicyclic amines) is 1. The molecule has 3 rings (SSSR count). The molecule has 0 bridgehead atoms. The first-order chi connectivity index (χ1) is 11.3. The minimum absolute atomic E-state index is 0.0471. The highest BCUT2D eigenvalue weighted by molar-refractivity contribution is 5.92. The molecule has 2 N–H and O–H groups in total. The largest absolute Gasteiger partial charge is 0.349 e. The van der Waals surface area contributed by atoms with Crippen molar-refractivity contribution in [3.63, 3.8) is 0 Å². The summed E-state index contributed by atoms with van der Waals surface area (Å²) in [5.41, 5.74) is 0.537. The van der Waals surface area contributed by atoms with Crippen LogP contribution in [0.15, 0.2) is 12.3 Å². The molecule has 23 heavy (non-hydrogen) atoms. The van der Waals surface area contributed by atoms with Crippen molar-refractivity contribution in [3.8, 4) is 0 Å². The SMILES string of the molecule is CCN1CCCCC1CNC(=O)c1ccn(C2CCCNC2)n1. The van der Waals surface area contributed by atoms with Gasteiger partial charge < -0.3 is 10.6 Å². The Hall–Kier alpha value is -1.40. The van der Waals surface area contributed by atoms with E-state index in [-0.39, 0.29) is 5.91 Å². The molecule has 0 spiro atoms. The van der Waals surface area contributed by atoms with Gasteiger partial charge in [-0.15, -0.1) is 0 Å². The molecule has 128 valence electrons. The van der Waals surface area contributed by atoms with Crippen molar-refractivity contribution in [2.24, 2.45) is 0 Å². The van der Waals surface area contributed by atoms with Crippen LogP contribution in [0.25, 0.3) is 0 Å². The summed E-state index contributed by atoms with van der Waals surface area (Å²) in [6, 6.07) is 2.68. The molecule has 1 aromatic heterocycles. The highest BCUT2D eigenvalue weighted by Crippen LogP contribution is 2.17. The molecule has 0 aromatic carbocycles. The number of nitrogens with zero attached hydrogens (tertiary/aromatic N) is 3. The maximum absolute atomic E-state index is 12.4. The van der Waals surface area contributed by atoms with Gasteiger partial charge in [0.2, 0.25) is 0 Å². The first-order valence-corrected chi connectivity index (χ1v) is 9.06. The second-order valence-corrected chi connectivity index (χ2v) is 6.67. The van der Waals surface area contributed by atoms with Crippen molar-refractivity contribution < 1.29 is 4.79 Å². The zero-order chi connectivity index (χ0) is 16.1. The van der Waals surface area contributed by atoms with Gasteiger partial charge in [-0.25, -0.2) is 0 Å². The number of aromatic nitrogens is 2. The smallest absolute Gasteiger partial charge is 0.271 e. The van der Waals surface area contributed by atoms with Gasteiger partial charge in [0, 0.05) is 25.3 Å². The third kappa shape index (κ3) is 4.12. The quantitative estimate of drug-likeness (QED) is 0.861. The van der Waals surface area contributed by atoms with E-state index in [1.165, 1.54) is 25.7 Å². The molecule has 2 aliphatic heterocycles. The van der Waals surface area contributed by atoms with E-state index in [1.54, 1.807) is 0 Å². The van der Waals surface area contributed by atoms with E-state index < -0.39 is 0 Å². The fourth-order valence-corrected chi connectivity index (χ4v) is 3.73. The molecule has 2 saturated heterocycles. The fourth-order valence-electron chi connectivity index (χ4n) is 3.73. The molecule has 0 saturated carbocycles. The lowest BCUT2D eigenvalue weighted by atomic mass is 10.0. The molecule has 2 atom stereocenters. The first kappa shape index (κ1) is 16.5. The second-order valence-electron chi connectivity index (χ2n) is 6.67. The van der Waals surface area contributed by atoms with Crippen LogP contribution >= 0.6 is 0 Å². The summed E-state index contributed by atoms with van der Waals surface area (Å²) in [5.74, 6) is -0.0471. The Bertz CT molecular complexity index is 509. The van der Waals surface area contributed by atoms with E-state index in [4.69, 9.17) is 0 Å². The fraction of sp³-hybridized carbons (Fsp3) is 0.765. The number of hydrogen-bond acceptors (Lipinski definition) is 4. The summed E-state index contributed by atoms with van der Waals surface area (Å²) in [6.07, 6.45) is 7.95. The van der Waals surface area contributed by atoms with Crippen LogP contribution in [0.1, 0.15) is 55.6 Å². The van der Waals surface area contributed by atoms with Crippen molar-refractivity contribution in [1.29, 1.82) is 0 Å². The van der Waals surface area contributed by atoms with Crippen LogP contribution in [-0.2, 0) is 0 Å². The lowest BCUT2D eigenvalue weighted by Gasteiger charge is -2.34. The zero-order valence-corrected chi connectivity index (χ0v) is 14.1. The molecule has 6 heteroatoms. The monoisotopic (exact) mass is 319 g/mol. The maximum atomic E-state index is 12.4. The zero-order valence-electron chi connectivity index (χ0n) is 14.1. The molecule has 1 aromatic rings. The van der Waals surface area contributed by atoms with Gasteiger partial charge >= 0.3 is 0 Å². The number of nitrogens with one attached hydrogen (secondary N) is 2. The third-order valence-electron chi connectivity index (χ3n) is 5.14. The van der Waals surface area contributed by atoms with Crippen LogP contribution in [0.2, 0.25) is 0 Å². The van der Waals surface area contributed by atoms with Crippen LogP contribution < -0.4 is 10.6 Å². The number of amides is 1. The third-order valence-corrected chi connectivity index (χ3v) is 5.14. The van der Waals surface area contributed by atoms with Crippen molar-refractivity contribution in [2.75, 3.05) is 32.7 Å². The van der Waals surface area contributed by atoms with Gasteiger partial charge in [0.15, 0.2) is 0 Å². The van der Waals surface area contributed by atoms with E-state index >= 15 is 0 Å². The van der Waals surface area contributed by atoms with Crippen molar-refractivity contribution in [3.05, 3.63) is 18.0 Å². The van der Waals surface area contributed by atoms with Gasteiger partial charge in [-0.2, -0.15) is 5.10 Å². The standard InChI is InChI=1S/C17H29N5O/c1-2-21-10-4-3-6-14(21)13-19-17(23)16-8-11-22(20-16)15-7-5-9-18-12-15/h8,11,14-15,18H,2-7,9-10,12-13H2,1H3,(H,19,23). The molecule has 0 radical (unpaired) electrons. The topological polar surface area (TPSA) is 62.2 Å². The lowest BCUT2D eigenvalue weighted by molar-refractivity contribution is 0.0911. The Kier molecular flexibility index (Phi) is 5.67. The molecule has 2 aliphatic rings. The average Bonchev–Trinajstić information content (AvgIpc) is 3.11. The van der Waals surface area contributed by atoms with E-state index in [1.807, 2.05) is 16.9 Å². The van der Waals surface area contributed by atoms with Crippen LogP contribution in [0.4, 0.5) is 0 Å². The Balaban J connectivity index is 1.52. The predicted molar refractivity (Wildman–Crippen MR) is 90.6 cm³/mol. The number of carbonyl (C=O) groups is 1. The van der Waals surface area contributed by atoms with E-state index in [2.05, 4.69) is 27.6 Å². The van der Waals surface area contributed by atoms with E-state index in [9.17, 15) is 4.79 Å². The number of piperidine rings is 2. The van der Waals surface area contributed by atoms with Crippen molar-refractivity contribution in [1.82, 2.24) is 25.3 Å². The summed E-state index contributed by atoms with van der Waals surface area (Å²) in [5, 5.41) is 10.9. The minimum Gasteiger partial charge on any atom is -0.349 e. The molecule has 2 fully saturated rings. The Morgan fingerprint density at radius 1 is 1.39 bits per heavy atom. The summed E-state index contributed by atoms with van der Waals surface area (Å²) < 4.78 is 1.94. The summed E-state index contributed by atoms with van der Waals surface area (Å²) in [7, 11) is 0. The van der Waals surface area contributed by atoms with Crippen LogP contribution in [0.3, 0.4) is 0 Å². The number of likely N-dealkylation sites (N-methyl/N-ethyl adjacent to an activating group) is 1. The summed E-state index contributed by atoms with van der Waals surface area (Å²) in [6.45, 7) is 7.16. The van der Waals surface area contributed by atoms with Crippen molar-refractivity contribution >= 4 is 5.91 Å². The van der Waals surface area contributed by atoms with Gasteiger partial charge in [0.25, 0.3) is 5.91 Å². The molecular weight excluding hydrogens is 290 g/mol. The molecule has 0 aliphatic carbocycles. The minimum atomic E-state index is -0.0471. The number of rotatable bonds is 5. The second kappa shape index (κ2) is 7.93. The highest BCUT2D eigenvalue weighted by Gasteiger charge is 2.22. The van der Waals surface area contributed by atoms with Crippen LogP contribution in [0.5, 0.6) is 0 Å². The lowest BCUT2D eigenvalue weighted by Crippen LogP contribution is -2.46. The van der Waals surface area contributed by atoms with Crippen LogP contribution in [-0.4, -0.2) is 59.4 Å². The molecular formula is C17H29N5O.